The molecule has 1 aromatic rings. The molecule has 110 valence electrons. The largest absolute Gasteiger partial charge is 0.444 e. The Labute approximate surface area is 121 Å². The van der Waals surface area contributed by atoms with E-state index in [2.05, 4.69) is 29.4 Å². The van der Waals surface area contributed by atoms with Crippen LogP contribution in [0.25, 0.3) is 0 Å². The number of hydrogen-bond acceptors (Lipinski definition) is 3. The minimum absolute atomic E-state index is 0.0160. The van der Waals surface area contributed by atoms with Gasteiger partial charge < -0.3 is 15.0 Å². The highest BCUT2D eigenvalue weighted by Crippen LogP contribution is 2.29. The number of likely N-dealkylation sites (tertiary alicyclic amines) is 1. The molecule has 4 nitrogen and oxygen atoms in total. The fraction of sp³-hybridized carbons (Fsp3) is 0.562. The van der Waals surface area contributed by atoms with Crippen LogP contribution >= 0.6 is 0 Å². The van der Waals surface area contributed by atoms with Gasteiger partial charge in [0.05, 0.1) is 6.04 Å². The van der Waals surface area contributed by atoms with E-state index in [1.165, 1.54) is 0 Å². The second-order valence-electron chi connectivity index (χ2n) is 6.52. The Hall–Kier alpha value is -1.55. The third-order valence-corrected chi connectivity index (χ3v) is 3.39. The minimum Gasteiger partial charge on any atom is -0.444 e. The first-order valence-corrected chi connectivity index (χ1v) is 7.08. The molecule has 20 heavy (non-hydrogen) atoms. The molecular weight excluding hydrogens is 252 g/mol. The van der Waals surface area contributed by atoms with Gasteiger partial charge in [0, 0.05) is 19.0 Å². The second kappa shape index (κ2) is 5.83. The van der Waals surface area contributed by atoms with Crippen LogP contribution in [0.15, 0.2) is 30.3 Å². The van der Waals surface area contributed by atoms with E-state index in [9.17, 15) is 4.79 Å². The van der Waals surface area contributed by atoms with Crippen LogP contribution in [0.3, 0.4) is 0 Å². The molecule has 1 atom stereocenters. The van der Waals surface area contributed by atoms with Crippen molar-refractivity contribution in [2.45, 2.75) is 32.4 Å². The zero-order chi connectivity index (χ0) is 14.8. The molecule has 0 spiro atoms. The van der Waals surface area contributed by atoms with E-state index in [1.54, 1.807) is 0 Å². The number of hydrogen-bond donors (Lipinski definition) is 1. The number of benzene rings is 1. The van der Waals surface area contributed by atoms with Crippen LogP contribution in [0, 0.1) is 5.92 Å². The fourth-order valence-corrected chi connectivity index (χ4v) is 2.53. The van der Waals surface area contributed by atoms with Gasteiger partial charge in [0.1, 0.15) is 5.60 Å². The number of nitrogens with one attached hydrogen (secondary N) is 1. The molecule has 0 saturated carbocycles. The molecule has 1 N–H and O–H groups in total. The van der Waals surface area contributed by atoms with Crippen molar-refractivity contribution in [1.29, 1.82) is 0 Å². The van der Waals surface area contributed by atoms with E-state index >= 15 is 0 Å². The lowest BCUT2D eigenvalue weighted by Gasteiger charge is -2.41. The third-order valence-electron chi connectivity index (χ3n) is 3.39. The van der Waals surface area contributed by atoms with E-state index in [0.717, 1.165) is 18.7 Å². The first kappa shape index (κ1) is 14.9. The fourth-order valence-electron chi connectivity index (χ4n) is 2.53. The van der Waals surface area contributed by atoms with Crippen LogP contribution in [0.2, 0.25) is 0 Å². The SMILES string of the molecule is CN1CC(C(NC(=O)OC(C)(C)C)c2ccccc2)C1. The molecular formula is C16H24N2O2. The average molecular weight is 276 g/mol. The molecule has 1 fully saturated rings. The van der Waals surface area contributed by atoms with Gasteiger partial charge in [-0.3, -0.25) is 0 Å². The topological polar surface area (TPSA) is 41.6 Å². The number of rotatable bonds is 3. The van der Waals surface area contributed by atoms with Gasteiger partial charge in [-0.1, -0.05) is 30.3 Å². The Bertz CT molecular complexity index is 447. The molecule has 4 heteroatoms. The maximum atomic E-state index is 12.0. The number of carbonyl (C=O) groups is 1. The van der Waals surface area contributed by atoms with E-state index in [-0.39, 0.29) is 12.1 Å². The van der Waals surface area contributed by atoms with Gasteiger partial charge in [0.25, 0.3) is 0 Å². The first-order chi connectivity index (χ1) is 9.35. The molecule has 0 aliphatic carbocycles. The lowest BCUT2D eigenvalue weighted by atomic mass is 9.87. The van der Waals surface area contributed by atoms with E-state index in [0.29, 0.717) is 5.92 Å². The monoisotopic (exact) mass is 276 g/mol. The minimum atomic E-state index is -0.471. The summed E-state index contributed by atoms with van der Waals surface area (Å²) in [5.41, 5.74) is 0.665. The summed E-state index contributed by atoms with van der Waals surface area (Å²) in [6.07, 6.45) is -0.346. The van der Waals surface area contributed by atoms with Gasteiger partial charge in [-0.25, -0.2) is 4.79 Å². The van der Waals surface area contributed by atoms with Crippen molar-refractivity contribution in [2.24, 2.45) is 5.92 Å². The summed E-state index contributed by atoms with van der Waals surface area (Å²) in [5, 5.41) is 3.02. The highest BCUT2D eigenvalue weighted by Gasteiger charge is 2.34. The van der Waals surface area contributed by atoms with Crippen molar-refractivity contribution in [3.8, 4) is 0 Å². The molecule has 0 aromatic heterocycles. The van der Waals surface area contributed by atoms with Crippen molar-refractivity contribution in [2.75, 3.05) is 20.1 Å². The number of alkyl carbamates (subject to hydrolysis) is 1. The van der Waals surface area contributed by atoms with E-state index in [1.807, 2.05) is 39.0 Å². The van der Waals surface area contributed by atoms with Crippen molar-refractivity contribution < 1.29 is 9.53 Å². The Balaban J connectivity index is 2.06. The smallest absolute Gasteiger partial charge is 0.408 e. The van der Waals surface area contributed by atoms with Gasteiger partial charge in [0.15, 0.2) is 0 Å². The lowest BCUT2D eigenvalue weighted by Crippen LogP contribution is -2.51. The van der Waals surface area contributed by atoms with Gasteiger partial charge in [-0.15, -0.1) is 0 Å². The number of carbonyl (C=O) groups excluding carboxylic acids is 1. The summed E-state index contributed by atoms with van der Waals surface area (Å²) in [4.78, 5) is 14.3. The Morgan fingerprint density at radius 2 is 1.90 bits per heavy atom. The molecule has 1 unspecified atom stereocenters. The summed E-state index contributed by atoms with van der Waals surface area (Å²) in [6.45, 7) is 7.62. The Morgan fingerprint density at radius 1 is 1.30 bits per heavy atom. The van der Waals surface area contributed by atoms with Crippen LogP contribution in [-0.4, -0.2) is 36.7 Å². The van der Waals surface area contributed by atoms with Crippen LogP contribution in [0.1, 0.15) is 32.4 Å². The number of nitrogens with zero attached hydrogens (tertiary/aromatic N) is 1. The first-order valence-electron chi connectivity index (χ1n) is 7.08. The van der Waals surface area contributed by atoms with Crippen LogP contribution in [0.5, 0.6) is 0 Å². The summed E-state index contributed by atoms with van der Waals surface area (Å²) < 4.78 is 5.37. The quantitative estimate of drug-likeness (QED) is 0.923. The molecule has 2 rings (SSSR count). The van der Waals surface area contributed by atoms with Crippen molar-refractivity contribution in [1.82, 2.24) is 10.2 Å². The van der Waals surface area contributed by atoms with Crippen LogP contribution in [-0.2, 0) is 4.74 Å². The molecule has 1 aromatic carbocycles. The summed E-state index contributed by atoms with van der Waals surface area (Å²) in [6, 6.07) is 10.1. The molecule has 1 heterocycles. The zero-order valence-electron chi connectivity index (χ0n) is 12.7. The van der Waals surface area contributed by atoms with Crippen LogP contribution < -0.4 is 5.32 Å². The number of ether oxygens (including phenoxy) is 1. The van der Waals surface area contributed by atoms with Gasteiger partial charge >= 0.3 is 6.09 Å². The number of amides is 1. The molecule has 1 aliphatic rings. The van der Waals surface area contributed by atoms with Crippen molar-refractivity contribution >= 4 is 6.09 Å². The van der Waals surface area contributed by atoms with Gasteiger partial charge in [0.2, 0.25) is 0 Å². The maximum Gasteiger partial charge on any atom is 0.408 e. The van der Waals surface area contributed by atoms with E-state index in [4.69, 9.17) is 4.74 Å². The molecule has 1 saturated heterocycles. The standard InChI is InChI=1S/C16H24N2O2/c1-16(2,3)20-15(19)17-14(13-10-18(4)11-13)12-8-6-5-7-9-12/h5-9,13-14H,10-11H2,1-4H3,(H,17,19). The summed E-state index contributed by atoms with van der Waals surface area (Å²) in [5.74, 6) is 0.440. The Kier molecular flexibility index (Phi) is 4.33. The molecule has 1 amide bonds. The normalized spacial score (nSPS) is 18.2. The van der Waals surface area contributed by atoms with Gasteiger partial charge in [-0.2, -0.15) is 0 Å². The zero-order valence-corrected chi connectivity index (χ0v) is 12.7. The lowest BCUT2D eigenvalue weighted by molar-refractivity contribution is 0.0401. The van der Waals surface area contributed by atoms with Crippen LogP contribution in [0.4, 0.5) is 4.79 Å². The highest BCUT2D eigenvalue weighted by molar-refractivity contribution is 5.68. The Morgan fingerprint density at radius 3 is 2.40 bits per heavy atom. The summed E-state index contributed by atoms with van der Waals surface area (Å²) in [7, 11) is 2.09. The van der Waals surface area contributed by atoms with Crippen molar-refractivity contribution in [3.63, 3.8) is 0 Å². The molecule has 0 radical (unpaired) electrons. The predicted octanol–water partition coefficient (Wildman–Crippen LogP) is 2.81. The second-order valence-corrected chi connectivity index (χ2v) is 6.52. The van der Waals surface area contributed by atoms with Gasteiger partial charge in [-0.05, 0) is 33.4 Å². The molecule has 0 bridgehead atoms. The average Bonchev–Trinajstić information content (AvgIpc) is 2.31. The van der Waals surface area contributed by atoms with Crippen molar-refractivity contribution in [3.05, 3.63) is 35.9 Å². The highest BCUT2D eigenvalue weighted by atomic mass is 16.6. The predicted molar refractivity (Wildman–Crippen MR) is 79.5 cm³/mol. The third kappa shape index (κ3) is 3.97. The summed E-state index contributed by atoms with van der Waals surface area (Å²) >= 11 is 0. The van der Waals surface area contributed by atoms with E-state index < -0.39 is 5.60 Å². The maximum absolute atomic E-state index is 12.0. The molecule has 1 aliphatic heterocycles.